The molecule has 1 N–H and O–H groups in total. The molecule has 4 heteroatoms. The summed E-state index contributed by atoms with van der Waals surface area (Å²) in [5.74, 6) is 0.585. The largest absolute Gasteiger partial charge is 0.342 e. The van der Waals surface area contributed by atoms with Crippen molar-refractivity contribution in [1.29, 1.82) is 0 Å². The highest BCUT2D eigenvalue weighted by atomic mass is 16.2. The Labute approximate surface area is 90.0 Å². The van der Waals surface area contributed by atoms with Gasteiger partial charge in [0.15, 0.2) is 0 Å². The first-order valence-corrected chi connectivity index (χ1v) is 5.70. The van der Waals surface area contributed by atoms with Gasteiger partial charge in [0.2, 0.25) is 11.8 Å². The first-order valence-electron chi connectivity index (χ1n) is 5.70. The van der Waals surface area contributed by atoms with Gasteiger partial charge >= 0.3 is 0 Å². The Morgan fingerprint density at radius 3 is 2.87 bits per heavy atom. The molecule has 2 amide bonds. The number of rotatable bonds is 2. The van der Waals surface area contributed by atoms with Crippen molar-refractivity contribution in [3.8, 4) is 0 Å². The molecule has 0 bridgehead atoms. The number of hydrogen-bond acceptors (Lipinski definition) is 2. The Bertz CT molecular complexity index is 288. The number of fused-ring (bicyclic) bond motifs is 1. The molecular formula is C11H18N2O2. The summed E-state index contributed by atoms with van der Waals surface area (Å²) >= 11 is 0. The van der Waals surface area contributed by atoms with Gasteiger partial charge in [0.1, 0.15) is 12.1 Å². The van der Waals surface area contributed by atoms with Crippen LogP contribution in [0.25, 0.3) is 0 Å². The lowest BCUT2D eigenvalue weighted by Gasteiger charge is -2.35. The second-order valence-electron chi connectivity index (χ2n) is 4.88. The predicted molar refractivity (Wildman–Crippen MR) is 56.1 cm³/mol. The molecule has 0 spiro atoms. The van der Waals surface area contributed by atoms with Crippen LogP contribution in [0.15, 0.2) is 0 Å². The van der Waals surface area contributed by atoms with E-state index in [9.17, 15) is 9.59 Å². The number of carbonyl (C=O) groups is 2. The summed E-state index contributed by atoms with van der Waals surface area (Å²) in [4.78, 5) is 25.5. The topological polar surface area (TPSA) is 49.4 Å². The van der Waals surface area contributed by atoms with Crippen LogP contribution in [0.5, 0.6) is 0 Å². The molecule has 84 valence electrons. The molecule has 2 heterocycles. The maximum absolute atomic E-state index is 12.0. The highest BCUT2D eigenvalue weighted by molar-refractivity contribution is 5.97. The van der Waals surface area contributed by atoms with Gasteiger partial charge in [-0.25, -0.2) is 0 Å². The third-order valence-electron chi connectivity index (χ3n) is 3.16. The zero-order valence-electron chi connectivity index (χ0n) is 9.32. The fourth-order valence-corrected chi connectivity index (χ4v) is 2.46. The summed E-state index contributed by atoms with van der Waals surface area (Å²) in [6, 6.07) is -0.465. The van der Waals surface area contributed by atoms with Gasteiger partial charge in [0.25, 0.3) is 0 Å². The van der Waals surface area contributed by atoms with E-state index < -0.39 is 0 Å². The minimum Gasteiger partial charge on any atom is -0.342 e. The molecule has 0 aliphatic carbocycles. The Kier molecular flexibility index (Phi) is 2.67. The maximum Gasteiger partial charge on any atom is 0.245 e. The predicted octanol–water partition coefficient (Wildman–Crippen LogP) is 0.522. The van der Waals surface area contributed by atoms with Crippen LogP contribution in [-0.4, -0.2) is 35.3 Å². The van der Waals surface area contributed by atoms with E-state index in [1.54, 1.807) is 4.90 Å². The van der Waals surface area contributed by atoms with Crippen molar-refractivity contribution in [1.82, 2.24) is 10.2 Å². The van der Waals surface area contributed by atoms with Gasteiger partial charge in [-0.15, -0.1) is 0 Å². The molecule has 0 aromatic carbocycles. The summed E-state index contributed by atoms with van der Waals surface area (Å²) in [6.45, 7) is 4.89. The Hall–Kier alpha value is -1.06. The molecule has 0 aromatic heterocycles. The number of nitrogens with zero attached hydrogens (tertiary/aromatic N) is 1. The monoisotopic (exact) mass is 210 g/mol. The summed E-state index contributed by atoms with van der Waals surface area (Å²) in [5.41, 5.74) is 0. The first-order chi connectivity index (χ1) is 7.09. The van der Waals surface area contributed by atoms with Gasteiger partial charge < -0.3 is 10.2 Å². The third-order valence-corrected chi connectivity index (χ3v) is 3.16. The van der Waals surface area contributed by atoms with E-state index in [1.807, 2.05) is 0 Å². The van der Waals surface area contributed by atoms with E-state index in [0.717, 1.165) is 25.8 Å². The molecule has 2 rings (SSSR count). The summed E-state index contributed by atoms with van der Waals surface area (Å²) in [7, 11) is 0. The zero-order chi connectivity index (χ0) is 11.0. The molecule has 2 aliphatic rings. The van der Waals surface area contributed by atoms with E-state index in [0.29, 0.717) is 5.92 Å². The summed E-state index contributed by atoms with van der Waals surface area (Å²) < 4.78 is 0. The molecule has 15 heavy (non-hydrogen) atoms. The lowest BCUT2D eigenvalue weighted by Crippen LogP contribution is -2.61. The smallest absolute Gasteiger partial charge is 0.245 e. The van der Waals surface area contributed by atoms with E-state index in [2.05, 4.69) is 19.2 Å². The SMILES string of the molecule is CC(C)CC1NC(=O)[C@H]2CCCN2C1=O. The van der Waals surface area contributed by atoms with Gasteiger partial charge in [0.05, 0.1) is 0 Å². The highest BCUT2D eigenvalue weighted by Crippen LogP contribution is 2.23. The molecule has 0 aromatic rings. The van der Waals surface area contributed by atoms with Crippen LogP contribution in [0.1, 0.15) is 33.1 Å². The summed E-state index contributed by atoms with van der Waals surface area (Å²) in [5, 5.41) is 2.84. The van der Waals surface area contributed by atoms with Crippen molar-refractivity contribution in [2.24, 2.45) is 5.92 Å². The molecule has 2 aliphatic heterocycles. The number of carbonyl (C=O) groups excluding carboxylic acids is 2. The number of nitrogens with one attached hydrogen (secondary N) is 1. The van der Waals surface area contributed by atoms with Gasteiger partial charge in [0, 0.05) is 6.54 Å². The minimum atomic E-state index is -0.285. The maximum atomic E-state index is 12.0. The van der Waals surface area contributed by atoms with Crippen LogP contribution in [0.2, 0.25) is 0 Å². The van der Waals surface area contributed by atoms with Crippen molar-refractivity contribution in [3.63, 3.8) is 0 Å². The van der Waals surface area contributed by atoms with Gasteiger partial charge in [-0.3, -0.25) is 9.59 Å². The van der Waals surface area contributed by atoms with Crippen molar-refractivity contribution < 1.29 is 9.59 Å². The normalized spacial score (nSPS) is 30.7. The second kappa shape index (κ2) is 3.83. The van der Waals surface area contributed by atoms with E-state index in [-0.39, 0.29) is 23.9 Å². The third kappa shape index (κ3) is 1.85. The highest BCUT2D eigenvalue weighted by Gasteiger charge is 2.42. The molecule has 0 saturated carbocycles. The van der Waals surface area contributed by atoms with Crippen molar-refractivity contribution >= 4 is 11.8 Å². The molecular weight excluding hydrogens is 192 g/mol. The lowest BCUT2D eigenvalue weighted by atomic mass is 9.99. The zero-order valence-corrected chi connectivity index (χ0v) is 9.32. The molecule has 0 radical (unpaired) electrons. The molecule has 2 fully saturated rings. The second-order valence-corrected chi connectivity index (χ2v) is 4.88. The fourth-order valence-electron chi connectivity index (χ4n) is 2.46. The summed E-state index contributed by atoms with van der Waals surface area (Å²) in [6.07, 6.45) is 2.53. The van der Waals surface area contributed by atoms with Gasteiger partial charge in [-0.05, 0) is 25.2 Å². The number of piperazine rings is 1. The van der Waals surface area contributed by atoms with Crippen LogP contribution < -0.4 is 5.32 Å². The van der Waals surface area contributed by atoms with E-state index in [1.165, 1.54) is 0 Å². The van der Waals surface area contributed by atoms with Crippen LogP contribution in [-0.2, 0) is 9.59 Å². The molecule has 4 nitrogen and oxygen atoms in total. The van der Waals surface area contributed by atoms with Gasteiger partial charge in [-0.1, -0.05) is 13.8 Å². The lowest BCUT2D eigenvalue weighted by molar-refractivity contribution is -0.147. The fraction of sp³-hybridized carbons (Fsp3) is 0.818. The van der Waals surface area contributed by atoms with Crippen molar-refractivity contribution in [2.45, 2.75) is 45.2 Å². The quantitative estimate of drug-likeness (QED) is 0.722. The molecule has 2 saturated heterocycles. The standard InChI is InChI=1S/C11H18N2O2/c1-7(2)6-8-11(15)13-5-3-4-9(13)10(14)12-8/h7-9H,3-6H2,1-2H3,(H,12,14)/t8?,9-/m1/s1. The first kappa shape index (κ1) is 10.5. The Morgan fingerprint density at radius 2 is 2.20 bits per heavy atom. The van der Waals surface area contributed by atoms with Crippen molar-refractivity contribution in [2.75, 3.05) is 6.54 Å². The van der Waals surface area contributed by atoms with Crippen LogP contribution >= 0.6 is 0 Å². The van der Waals surface area contributed by atoms with Crippen LogP contribution in [0.4, 0.5) is 0 Å². The number of amides is 2. The van der Waals surface area contributed by atoms with Crippen molar-refractivity contribution in [3.05, 3.63) is 0 Å². The minimum absolute atomic E-state index is 0.0396. The average molecular weight is 210 g/mol. The molecule has 2 atom stereocenters. The van der Waals surface area contributed by atoms with E-state index >= 15 is 0 Å². The van der Waals surface area contributed by atoms with Crippen LogP contribution in [0.3, 0.4) is 0 Å². The number of hydrogen-bond donors (Lipinski definition) is 1. The molecule has 1 unspecified atom stereocenters. The Balaban J connectivity index is 2.10. The van der Waals surface area contributed by atoms with Gasteiger partial charge in [-0.2, -0.15) is 0 Å². The average Bonchev–Trinajstić information content (AvgIpc) is 2.61. The van der Waals surface area contributed by atoms with Crippen LogP contribution in [0, 0.1) is 5.92 Å². The Morgan fingerprint density at radius 1 is 1.47 bits per heavy atom. The van der Waals surface area contributed by atoms with E-state index in [4.69, 9.17) is 0 Å².